The number of halogens is 1. The van der Waals surface area contributed by atoms with Crippen LogP contribution in [0.4, 0.5) is 4.39 Å². The normalized spacial score (nSPS) is 24.1. The lowest BCUT2D eigenvalue weighted by atomic mass is 9.68. The van der Waals surface area contributed by atoms with Gasteiger partial charge < -0.3 is 4.74 Å². The van der Waals surface area contributed by atoms with E-state index < -0.39 is 5.82 Å². The Morgan fingerprint density at radius 1 is 0.865 bits per heavy atom. The molecule has 2 aliphatic rings. The number of rotatable bonds is 11. The Balaban J connectivity index is 1.25. The molecule has 2 aromatic rings. The fraction of sp³-hybridized carbons (Fsp3) is 0.618. The van der Waals surface area contributed by atoms with Gasteiger partial charge in [0.25, 0.3) is 0 Å². The van der Waals surface area contributed by atoms with Crippen molar-refractivity contribution in [3.05, 3.63) is 64.5 Å². The first kappa shape index (κ1) is 27.9. The third-order valence-electron chi connectivity index (χ3n) is 9.31. The Kier molecular flexibility index (Phi) is 10.2. The average molecular weight is 507 g/mol. The van der Waals surface area contributed by atoms with Crippen molar-refractivity contribution in [2.24, 2.45) is 17.8 Å². The first-order chi connectivity index (χ1) is 18.0. The Labute approximate surface area is 224 Å². The molecule has 202 valence electrons. The summed E-state index contributed by atoms with van der Waals surface area (Å²) in [5, 5.41) is 0. The molecule has 0 spiro atoms. The molecule has 0 heterocycles. The first-order valence-electron chi connectivity index (χ1n) is 15.0. The molecule has 2 saturated carbocycles. The first-order valence-corrected chi connectivity index (χ1v) is 15.0. The van der Waals surface area contributed by atoms with Crippen molar-refractivity contribution in [2.75, 3.05) is 6.61 Å². The molecule has 2 aliphatic carbocycles. The highest BCUT2D eigenvalue weighted by Gasteiger charge is 2.31. The van der Waals surface area contributed by atoms with Crippen molar-refractivity contribution in [3.8, 4) is 5.75 Å². The fourth-order valence-corrected chi connectivity index (χ4v) is 6.97. The lowest BCUT2D eigenvalue weighted by molar-refractivity contribution is 0.0991. The van der Waals surface area contributed by atoms with E-state index in [2.05, 4.69) is 31.2 Å². The van der Waals surface area contributed by atoms with E-state index in [1.165, 1.54) is 82.6 Å². The smallest absolute Gasteiger partial charge is 0.168 e. The molecule has 0 atom stereocenters. The number of carbonyl (C=O) groups is 1. The van der Waals surface area contributed by atoms with Gasteiger partial charge in [0.1, 0.15) is 0 Å². The Morgan fingerprint density at radius 2 is 1.51 bits per heavy atom. The Hall–Kier alpha value is -2.16. The molecule has 4 rings (SSSR count). The molecule has 0 amide bonds. The molecule has 2 nitrogen and oxygen atoms in total. The molecule has 2 aromatic carbocycles. The van der Waals surface area contributed by atoms with E-state index in [0.29, 0.717) is 30.1 Å². The van der Waals surface area contributed by atoms with Crippen LogP contribution in [0.1, 0.15) is 124 Å². The minimum absolute atomic E-state index is 0.0483. The van der Waals surface area contributed by atoms with Crippen molar-refractivity contribution in [3.63, 3.8) is 0 Å². The van der Waals surface area contributed by atoms with E-state index in [4.69, 9.17) is 4.74 Å². The maximum absolute atomic E-state index is 14.6. The molecule has 0 aromatic heterocycles. The van der Waals surface area contributed by atoms with Crippen LogP contribution in [0.25, 0.3) is 0 Å². The summed E-state index contributed by atoms with van der Waals surface area (Å²) in [6.45, 7) is 6.18. The summed E-state index contributed by atoms with van der Waals surface area (Å²) < 4.78 is 19.9. The standard InChI is InChI=1S/C34H47FO2/c1-4-6-7-8-25-9-13-27(14-10-25)29-17-19-30(20-18-29)28-15-11-26(12-16-28)23-32(36)31-21-22-33(37-5-2)34(35)24(31)3/h11-12,15-16,21-22,25,27,29-30H,4-10,13-14,17-20,23H2,1-3H3. The second kappa shape index (κ2) is 13.6. The molecule has 0 saturated heterocycles. The molecule has 0 aliphatic heterocycles. The number of ketones is 1. The van der Waals surface area contributed by atoms with Gasteiger partial charge in [0.2, 0.25) is 0 Å². The van der Waals surface area contributed by atoms with Gasteiger partial charge in [0, 0.05) is 12.0 Å². The van der Waals surface area contributed by atoms with Gasteiger partial charge in [0.15, 0.2) is 17.3 Å². The highest BCUT2D eigenvalue weighted by Crippen LogP contribution is 2.44. The minimum Gasteiger partial charge on any atom is -0.491 e. The predicted molar refractivity (Wildman–Crippen MR) is 151 cm³/mol. The van der Waals surface area contributed by atoms with Gasteiger partial charge in [-0.15, -0.1) is 0 Å². The Bertz CT molecular complexity index is 995. The summed E-state index contributed by atoms with van der Waals surface area (Å²) in [4.78, 5) is 12.9. The van der Waals surface area contributed by atoms with Gasteiger partial charge in [-0.2, -0.15) is 0 Å². The molecular weight excluding hydrogens is 459 g/mol. The average Bonchev–Trinajstić information content (AvgIpc) is 2.92. The van der Waals surface area contributed by atoms with E-state index in [0.717, 1.165) is 23.3 Å². The van der Waals surface area contributed by atoms with Gasteiger partial charge in [-0.25, -0.2) is 4.39 Å². The lowest BCUT2D eigenvalue weighted by Crippen LogP contribution is -2.25. The summed E-state index contributed by atoms with van der Waals surface area (Å²) in [6.07, 6.45) is 17.1. The van der Waals surface area contributed by atoms with Crippen LogP contribution in [0, 0.1) is 30.5 Å². The maximum Gasteiger partial charge on any atom is 0.168 e. The van der Waals surface area contributed by atoms with Gasteiger partial charge in [-0.3, -0.25) is 4.79 Å². The van der Waals surface area contributed by atoms with Gasteiger partial charge in [0.05, 0.1) is 6.61 Å². The zero-order valence-electron chi connectivity index (χ0n) is 23.4. The number of unbranched alkanes of at least 4 members (excludes halogenated alkanes) is 2. The highest BCUT2D eigenvalue weighted by atomic mass is 19.1. The predicted octanol–water partition coefficient (Wildman–Crippen LogP) is 9.62. The quantitative estimate of drug-likeness (QED) is 0.224. The number of ether oxygens (including phenoxy) is 1. The largest absolute Gasteiger partial charge is 0.491 e. The van der Waals surface area contributed by atoms with Crippen LogP contribution in [0.2, 0.25) is 0 Å². The van der Waals surface area contributed by atoms with E-state index in [9.17, 15) is 9.18 Å². The second-order valence-electron chi connectivity index (χ2n) is 11.7. The highest BCUT2D eigenvalue weighted by molar-refractivity contribution is 5.99. The zero-order chi connectivity index (χ0) is 26.2. The second-order valence-corrected chi connectivity index (χ2v) is 11.7. The van der Waals surface area contributed by atoms with E-state index in [1.54, 1.807) is 19.1 Å². The van der Waals surface area contributed by atoms with Crippen LogP contribution >= 0.6 is 0 Å². The summed E-state index contributed by atoms with van der Waals surface area (Å²) in [5.74, 6) is 3.28. The zero-order valence-corrected chi connectivity index (χ0v) is 23.4. The van der Waals surface area contributed by atoms with Crippen molar-refractivity contribution in [2.45, 2.75) is 110 Å². The van der Waals surface area contributed by atoms with E-state index in [-0.39, 0.29) is 11.5 Å². The fourth-order valence-electron chi connectivity index (χ4n) is 6.97. The van der Waals surface area contributed by atoms with E-state index in [1.807, 2.05) is 6.92 Å². The number of carbonyl (C=O) groups excluding carboxylic acids is 1. The molecule has 0 unspecified atom stereocenters. The lowest BCUT2D eigenvalue weighted by Gasteiger charge is -2.38. The van der Waals surface area contributed by atoms with Crippen LogP contribution < -0.4 is 4.74 Å². The van der Waals surface area contributed by atoms with Crippen molar-refractivity contribution >= 4 is 5.78 Å². The van der Waals surface area contributed by atoms with Crippen molar-refractivity contribution in [1.29, 1.82) is 0 Å². The number of Topliss-reactive ketones (excluding diaryl/α,β-unsaturated/α-hetero) is 1. The molecule has 3 heteroatoms. The molecule has 0 bridgehead atoms. The van der Waals surface area contributed by atoms with Crippen LogP contribution in [0.15, 0.2) is 36.4 Å². The minimum atomic E-state index is -0.432. The number of hydrogen-bond acceptors (Lipinski definition) is 2. The molecule has 0 radical (unpaired) electrons. The third kappa shape index (κ3) is 7.24. The summed E-state index contributed by atoms with van der Waals surface area (Å²) in [7, 11) is 0. The SMILES string of the molecule is CCCCCC1CCC(C2CCC(c3ccc(CC(=O)c4ccc(OCC)c(F)c4C)cc3)CC2)CC1. The monoisotopic (exact) mass is 506 g/mol. The number of hydrogen-bond donors (Lipinski definition) is 0. The third-order valence-corrected chi connectivity index (χ3v) is 9.31. The van der Waals surface area contributed by atoms with Crippen LogP contribution in [-0.4, -0.2) is 12.4 Å². The van der Waals surface area contributed by atoms with Gasteiger partial charge in [-0.1, -0.05) is 69.7 Å². The summed E-state index contributed by atoms with van der Waals surface area (Å²) >= 11 is 0. The molecule has 0 N–H and O–H groups in total. The van der Waals surface area contributed by atoms with Crippen LogP contribution in [0.3, 0.4) is 0 Å². The number of benzene rings is 2. The summed E-state index contributed by atoms with van der Waals surface area (Å²) in [5.41, 5.74) is 3.22. The topological polar surface area (TPSA) is 26.3 Å². The van der Waals surface area contributed by atoms with Crippen LogP contribution in [-0.2, 0) is 6.42 Å². The maximum atomic E-state index is 14.6. The molecular formula is C34H47FO2. The van der Waals surface area contributed by atoms with Crippen molar-refractivity contribution in [1.82, 2.24) is 0 Å². The van der Waals surface area contributed by atoms with Gasteiger partial charge >= 0.3 is 0 Å². The van der Waals surface area contributed by atoms with Gasteiger partial charge in [-0.05, 0) is 105 Å². The molecule has 37 heavy (non-hydrogen) atoms. The van der Waals surface area contributed by atoms with Crippen LogP contribution in [0.5, 0.6) is 5.75 Å². The van der Waals surface area contributed by atoms with Crippen molar-refractivity contribution < 1.29 is 13.9 Å². The Morgan fingerprint density at radius 3 is 2.14 bits per heavy atom. The molecule has 2 fully saturated rings. The van der Waals surface area contributed by atoms with E-state index >= 15 is 0 Å². The summed E-state index contributed by atoms with van der Waals surface area (Å²) in [6, 6.07) is 11.9.